The van der Waals surface area contributed by atoms with E-state index < -0.39 is 0 Å². The highest BCUT2D eigenvalue weighted by Gasteiger charge is 2.05. The molecule has 19 heavy (non-hydrogen) atoms. The van der Waals surface area contributed by atoms with E-state index in [0.717, 1.165) is 30.5 Å². The van der Waals surface area contributed by atoms with Crippen molar-refractivity contribution in [3.63, 3.8) is 0 Å². The lowest BCUT2D eigenvalue weighted by atomic mass is 10.1. The van der Waals surface area contributed by atoms with Crippen LogP contribution in [0.3, 0.4) is 0 Å². The Hall–Kier alpha value is -1.48. The van der Waals surface area contributed by atoms with Crippen LogP contribution in [0.5, 0.6) is 11.5 Å². The molecule has 0 amide bonds. The largest absolute Gasteiger partial charge is 0.493 e. The summed E-state index contributed by atoms with van der Waals surface area (Å²) in [5.74, 6) is 2.26. The fourth-order valence-corrected chi connectivity index (χ4v) is 1.71. The molecule has 3 nitrogen and oxygen atoms in total. The minimum Gasteiger partial charge on any atom is -0.493 e. The van der Waals surface area contributed by atoms with E-state index in [1.807, 2.05) is 12.1 Å². The van der Waals surface area contributed by atoms with Gasteiger partial charge in [0.05, 0.1) is 7.11 Å². The van der Waals surface area contributed by atoms with Crippen molar-refractivity contribution in [3.05, 3.63) is 36.4 Å². The second-order valence-electron chi connectivity index (χ2n) is 4.94. The summed E-state index contributed by atoms with van der Waals surface area (Å²) in [5.41, 5.74) is 1.20. The molecule has 0 heterocycles. The molecule has 0 spiro atoms. The zero-order valence-electron chi connectivity index (χ0n) is 12.2. The van der Waals surface area contributed by atoms with Crippen LogP contribution in [-0.2, 0) is 6.54 Å². The van der Waals surface area contributed by atoms with E-state index in [0.29, 0.717) is 6.61 Å². The Morgan fingerprint density at radius 3 is 2.74 bits per heavy atom. The highest BCUT2D eigenvalue weighted by molar-refractivity contribution is 5.43. The van der Waals surface area contributed by atoms with Crippen molar-refractivity contribution in [2.24, 2.45) is 5.92 Å². The van der Waals surface area contributed by atoms with E-state index >= 15 is 0 Å². The third-order valence-electron chi connectivity index (χ3n) is 2.81. The van der Waals surface area contributed by atoms with Crippen LogP contribution in [0.25, 0.3) is 0 Å². The van der Waals surface area contributed by atoms with Crippen molar-refractivity contribution in [2.75, 3.05) is 20.3 Å². The highest BCUT2D eigenvalue weighted by atomic mass is 16.5. The van der Waals surface area contributed by atoms with Gasteiger partial charge in [-0.15, -0.1) is 0 Å². The first-order valence-corrected chi connectivity index (χ1v) is 6.78. The summed E-state index contributed by atoms with van der Waals surface area (Å²) < 4.78 is 10.9. The summed E-state index contributed by atoms with van der Waals surface area (Å²) in [4.78, 5) is 0. The molecular weight excluding hydrogens is 238 g/mol. The number of hydrogen-bond donors (Lipinski definition) is 1. The van der Waals surface area contributed by atoms with Gasteiger partial charge in [-0.25, -0.2) is 0 Å². The number of methoxy groups -OCH3 is 1. The van der Waals surface area contributed by atoms with Gasteiger partial charge < -0.3 is 14.8 Å². The van der Waals surface area contributed by atoms with E-state index in [1.54, 1.807) is 13.2 Å². The summed E-state index contributed by atoms with van der Waals surface area (Å²) >= 11 is 0. The van der Waals surface area contributed by atoms with Crippen molar-refractivity contribution < 1.29 is 9.47 Å². The van der Waals surface area contributed by atoms with Crippen LogP contribution >= 0.6 is 0 Å². The lowest BCUT2D eigenvalue weighted by Crippen LogP contribution is -2.16. The fourth-order valence-electron chi connectivity index (χ4n) is 1.71. The van der Waals surface area contributed by atoms with Crippen molar-refractivity contribution >= 4 is 0 Å². The summed E-state index contributed by atoms with van der Waals surface area (Å²) in [6.07, 6.45) is 2.92. The van der Waals surface area contributed by atoms with E-state index in [9.17, 15) is 0 Å². The quantitative estimate of drug-likeness (QED) is 0.547. The highest BCUT2D eigenvalue weighted by Crippen LogP contribution is 2.28. The number of benzene rings is 1. The van der Waals surface area contributed by atoms with Crippen LogP contribution in [0, 0.1) is 5.92 Å². The number of rotatable bonds is 9. The average Bonchev–Trinajstić information content (AvgIpc) is 2.41. The molecule has 0 aliphatic carbocycles. The Morgan fingerprint density at radius 2 is 2.11 bits per heavy atom. The van der Waals surface area contributed by atoms with Crippen molar-refractivity contribution in [1.82, 2.24) is 5.32 Å². The number of ether oxygens (including phenoxy) is 2. The number of nitrogens with one attached hydrogen (secondary N) is 1. The maximum absolute atomic E-state index is 5.53. The second-order valence-corrected chi connectivity index (χ2v) is 4.94. The molecule has 0 atom stereocenters. The molecule has 0 aliphatic heterocycles. The molecule has 1 aromatic carbocycles. The van der Waals surface area contributed by atoms with Crippen LogP contribution in [-0.4, -0.2) is 20.3 Å². The second kappa shape index (κ2) is 8.59. The third kappa shape index (κ3) is 5.79. The molecule has 0 saturated carbocycles. The molecule has 106 valence electrons. The minimum absolute atomic E-state index is 0.488. The summed E-state index contributed by atoms with van der Waals surface area (Å²) in [6, 6.07) is 6.02. The van der Waals surface area contributed by atoms with Crippen LogP contribution in [0.2, 0.25) is 0 Å². The summed E-state index contributed by atoms with van der Waals surface area (Å²) in [7, 11) is 1.66. The predicted octanol–water partition coefficient (Wildman–Crippen LogP) is 3.40. The average molecular weight is 263 g/mol. The zero-order chi connectivity index (χ0) is 14.1. The van der Waals surface area contributed by atoms with Gasteiger partial charge in [0.2, 0.25) is 0 Å². The van der Waals surface area contributed by atoms with Gasteiger partial charge >= 0.3 is 0 Å². The van der Waals surface area contributed by atoms with Gasteiger partial charge in [-0.05, 0) is 36.6 Å². The van der Waals surface area contributed by atoms with Gasteiger partial charge in [0.25, 0.3) is 0 Å². The summed E-state index contributed by atoms with van der Waals surface area (Å²) in [6.45, 7) is 10.5. The van der Waals surface area contributed by atoms with Gasteiger partial charge in [-0.1, -0.05) is 32.6 Å². The lowest BCUT2D eigenvalue weighted by molar-refractivity contribution is 0.326. The Morgan fingerprint density at radius 1 is 1.32 bits per heavy atom. The van der Waals surface area contributed by atoms with E-state index in [-0.39, 0.29) is 0 Å². The normalized spacial score (nSPS) is 10.5. The van der Waals surface area contributed by atoms with E-state index in [1.165, 1.54) is 12.0 Å². The SMILES string of the molecule is C=CCOc1ccc(CNCCC(C)C)cc1OC. The Kier molecular flexibility index (Phi) is 7.04. The molecule has 1 aromatic rings. The molecule has 0 fully saturated rings. The Labute approximate surface area is 116 Å². The zero-order valence-corrected chi connectivity index (χ0v) is 12.2. The van der Waals surface area contributed by atoms with E-state index in [2.05, 4.69) is 31.8 Å². The Balaban J connectivity index is 2.53. The number of hydrogen-bond acceptors (Lipinski definition) is 3. The maximum atomic E-state index is 5.53. The molecule has 1 N–H and O–H groups in total. The van der Waals surface area contributed by atoms with Gasteiger partial charge in [0.15, 0.2) is 11.5 Å². The van der Waals surface area contributed by atoms with Crippen LogP contribution in [0.1, 0.15) is 25.8 Å². The molecule has 3 heteroatoms. The fraction of sp³-hybridized carbons (Fsp3) is 0.500. The van der Waals surface area contributed by atoms with Crippen LogP contribution in [0.15, 0.2) is 30.9 Å². The molecule has 0 aromatic heterocycles. The molecule has 1 rings (SSSR count). The molecule has 0 bridgehead atoms. The smallest absolute Gasteiger partial charge is 0.161 e. The van der Waals surface area contributed by atoms with Gasteiger partial charge in [-0.2, -0.15) is 0 Å². The van der Waals surface area contributed by atoms with Gasteiger partial charge in [0.1, 0.15) is 6.61 Å². The molecule has 0 radical (unpaired) electrons. The minimum atomic E-state index is 0.488. The molecular formula is C16H25NO2. The molecule has 0 unspecified atom stereocenters. The third-order valence-corrected chi connectivity index (χ3v) is 2.81. The first kappa shape index (κ1) is 15.6. The first-order chi connectivity index (χ1) is 9.17. The standard InChI is InChI=1S/C16H25NO2/c1-5-10-19-15-7-6-14(11-16(15)18-4)12-17-9-8-13(2)3/h5-7,11,13,17H,1,8-10,12H2,2-4H3. The van der Waals surface area contributed by atoms with Crippen molar-refractivity contribution in [3.8, 4) is 11.5 Å². The molecule has 0 aliphatic rings. The van der Waals surface area contributed by atoms with Crippen LogP contribution in [0.4, 0.5) is 0 Å². The summed E-state index contributed by atoms with van der Waals surface area (Å²) in [5, 5.41) is 3.43. The van der Waals surface area contributed by atoms with Crippen molar-refractivity contribution in [1.29, 1.82) is 0 Å². The maximum Gasteiger partial charge on any atom is 0.161 e. The molecule has 0 saturated heterocycles. The van der Waals surface area contributed by atoms with Crippen molar-refractivity contribution in [2.45, 2.75) is 26.8 Å². The van der Waals surface area contributed by atoms with E-state index in [4.69, 9.17) is 9.47 Å². The monoisotopic (exact) mass is 263 g/mol. The van der Waals surface area contributed by atoms with Gasteiger partial charge in [-0.3, -0.25) is 0 Å². The van der Waals surface area contributed by atoms with Gasteiger partial charge in [0, 0.05) is 6.54 Å². The lowest BCUT2D eigenvalue weighted by Gasteiger charge is -2.12. The topological polar surface area (TPSA) is 30.5 Å². The predicted molar refractivity (Wildman–Crippen MR) is 79.8 cm³/mol. The first-order valence-electron chi connectivity index (χ1n) is 6.78. The Bertz CT molecular complexity index is 388. The van der Waals surface area contributed by atoms with Crippen LogP contribution < -0.4 is 14.8 Å².